The lowest BCUT2D eigenvalue weighted by molar-refractivity contribution is 0.0280. The minimum Gasteiger partial charge on any atom is -0.381 e. The van der Waals surface area contributed by atoms with E-state index >= 15 is 0 Å². The maximum atomic E-state index is 14.1. The second kappa shape index (κ2) is 5.82. The Kier molecular flexibility index (Phi) is 3.68. The van der Waals surface area contributed by atoms with Crippen LogP contribution in [0.3, 0.4) is 0 Å². The molecule has 2 aliphatic heterocycles. The van der Waals surface area contributed by atoms with Crippen LogP contribution in [0.15, 0.2) is 28.8 Å². The van der Waals surface area contributed by atoms with Crippen LogP contribution in [-0.2, 0) is 17.7 Å². The van der Waals surface area contributed by atoms with Crippen molar-refractivity contribution in [3.63, 3.8) is 0 Å². The Bertz CT molecular complexity index is 664. The number of rotatable bonds is 2. The van der Waals surface area contributed by atoms with Crippen molar-refractivity contribution in [1.82, 2.24) is 10.1 Å². The second-order valence-corrected chi connectivity index (χ2v) is 5.98. The van der Waals surface area contributed by atoms with Crippen LogP contribution in [-0.4, -0.2) is 35.9 Å². The van der Waals surface area contributed by atoms with Gasteiger partial charge in [-0.15, -0.1) is 0 Å². The first-order valence-electron chi connectivity index (χ1n) is 7.87. The molecule has 0 atom stereocenters. The van der Waals surface area contributed by atoms with E-state index in [2.05, 4.69) is 10.1 Å². The van der Waals surface area contributed by atoms with Crippen LogP contribution in [0, 0.1) is 5.82 Å². The summed E-state index contributed by atoms with van der Waals surface area (Å²) in [5.74, 6) is 0.656. The van der Waals surface area contributed by atoms with Crippen molar-refractivity contribution in [2.24, 2.45) is 0 Å². The Morgan fingerprint density at radius 1 is 1.18 bits per heavy atom. The number of fused-ring (bicyclic) bond motifs is 1. The van der Waals surface area contributed by atoms with Crippen LogP contribution in [0.25, 0.3) is 11.3 Å². The van der Waals surface area contributed by atoms with Gasteiger partial charge in [0.2, 0.25) is 0 Å². The fourth-order valence-corrected chi connectivity index (χ4v) is 3.46. The van der Waals surface area contributed by atoms with Gasteiger partial charge in [-0.3, -0.25) is 4.90 Å². The summed E-state index contributed by atoms with van der Waals surface area (Å²) in [6.45, 7) is 3.42. The van der Waals surface area contributed by atoms with Gasteiger partial charge >= 0.3 is 0 Å². The molecule has 2 aliphatic rings. The van der Waals surface area contributed by atoms with E-state index in [4.69, 9.17) is 9.26 Å². The molecule has 1 fully saturated rings. The lowest BCUT2D eigenvalue weighted by Crippen LogP contribution is -2.42. The topological polar surface area (TPSA) is 38.5 Å². The summed E-state index contributed by atoms with van der Waals surface area (Å²) in [5.41, 5.74) is 2.23. The molecule has 0 bridgehead atoms. The highest BCUT2D eigenvalue weighted by Gasteiger charge is 2.30. The third-order valence-electron chi connectivity index (χ3n) is 4.69. The first-order valence-corrected chi connectivity index (χ1v) is 7.87. The average molecular weight is 302 g/mol. The maximum Gasteiger partial charge on any atom is 0.143 e. The Hall–Kier alpha value is -1.72. The quantitative estimate of drug-likeness (QED) is 0.855. The molecule has 5 heteroatoms. The largest absolute Gasteiger partial charge is 0.381 e. The molecular weight excluding hydrogens is 283 g/mol. The van der Waals surface area contributed by atoms with Crippen molar-refractivity contribution < 1.29 is 13.7 Å². The minimum atomic E-state index is -0.248. The number of hydrogen-bond donors (Lipinski definition) is 0. The fourth-order valence-electron chi connectivity index (χ4n) is 3.46. The zero-order valence-electron chi connectivity index (χ0n) is 12.4. The molecule has 116 valence electrons. The highest BCUT2D eigenvalue weighted by atomic mass is 19.1. The average Bonchev–Trinajstić information content (AvgIpc) is 2.99. The number of nitrogens with zero attached hydrogens (tertiary/aromatic N) is 2. The van der Waals surface area contributed by atoms with Crippen LogP contribution in [0.1, 0.15) is 24.2 Å². The Balaban J connectivity index is 1.63. The van der Waals surface area contributed by atoms with Gasteiger partial charge in [0.1, 0.15) is 17.3 Å². The Labute approximate surface area is 128 Å². The molecule has 1 aromatic carbocycles. The highest BCUT2D eigenvalue weighted by Crippen LogP contribution is 2.33. The smallest absolute Gasteiger partial charge is 0.143 e. The molecule has 1 aromatic heterocycles. The van der Waals surface area contributed by atoms with Gasteiger partial charge in [-0.05, 0) is 25.0 Å². The molecule has 2 aromatic rings. The summed E-state index contributed by atoms with van der Waals surface area (Å²) in [7, 11) is 0. The third kappa shape index (κ3) is 2.44. The van der Waals surface area contributed by atoms with Gasteiger partial charge in [0, 0.05) is 49.9 Å². The molecule has 0 spiro atoms. The molecule has 0 saturated carbocycles. The fraction of sp³-hybridized carbons (Fsp3) is 0.471. The molecule has 0 radical (unpaired) electrons. The van der Waals surface area contributed by atoms with Gasteiger partial charge in [0.05, 0.1) is 0 Å². The van der Waals surface area contributed by atoms with Gasteiger partial charge in [0.15, 0.2) is 0 Å². The van der Waals surface area contributed by atoms with Crippen LogP contribution < -0.4 is 0 Å². The van der Waals surface area contributed by atoms with E-state index in [0.29, 0.717) is 17.3 Å². The molecular formula is C17H19FN2O2. The summed E-state index contributed by atoms with van der Waals surface area (Å²) in [6, 6.07) is 7.31. The van der Waals surface area contributed by atoms with Crippen molar-refractivity contribution in [1.29, 1.82) is 0 Å². The van der Waals surface area contributed by atoms with E-state index in [1.807, 2.05) is 6.07 Å². The van der Waals surface area contributed by atoms with Crippen LogP contribution in [0.4, 0.5) is 4.39 Å². The predicted molar refractivity (Wildman–Crippen MR) is 79.9 cm³/mol. The van der Waals surface area contributed by atoms with E-state index in [1.54, 1.807) is 12.1 Å². The summed E-state index contributed by atoms with van der Waals surface area (Å²) in [6.07, 6.45) is 2.97. The summed E-state index contributed by atoms with van der Waals surface area (Å²) in [4.78, 5) is 2.46. The summed E-state index contributed by atoms with van der Waals surface area (Å²) >= 11 is 0. The maximum absolute atomic E-state index is 14.1. The van der Waals surface area contributed by atoms with Gasteiger partial charge in [0.25, 0.3) is 0 Å². The molecule has 0 aliphatic carbocycles. The normalized spacial score (nSPS) is 20.0. The zero-order valence-corrected chi connectivity index (χ0v) is 12.4. The van der Waals surface area contributed by atoms with Crippen LogP contribution in [0.2, 0.25) is 0 Å². The van der Waals surface area contributed by atoms with E-state index in [1.165, 1.54) is 6.07 Å². The number of ether oxygens (including phenoxy) is 1. The van der Waals surface area contributed by atoms with Crippen molar-refractivity contribution in [3.05, 3.63) is 41.4 Å². The van der Waals surface area contributed by atoms with Crippen molar-refractivity contribution in [3.8, 4) is 11.3 Å². The molecule has 4 nitrogen and oxygen atoms in total. The minimum absolute atomic E-state index is 0.248. The van der Waals surface area contributed by atoms with Gasteiger partial charge in [-0.2, -0.15) is 0 Å². The molecule has 4 rings (SSSR count). The molecule has 0 amide bonds. The lowest BCUT2D eigenvalue weighted by Gasteiger charge is -2.36. The number of aromatic nitrogens is 1. The highest BCUT2D eigenvalue weighted by molar-refractivity contribution is 5.64. The Morgan fingerprint density at radius 2 is 2.00 bits per heavy atom. The first-order chi connectivity index (χ1) is 10.8. The summed E-state index contributed by atoms with van der Waals surface area (Å²) in [5, 5.41) is 4.14. The molecule has 0 N–H and O–H groups in total. The molecule has 0 unspecified atom stereocenters. The molecule has 1 saturated heterocycles. The van der Waals surface area contributed by atoms with E-state index < -0.39 is 0 Å². The van der Waals surface area contributed by atoms with Gasteiger partial charge in [-0.1, -0.05) is 17.3 Å². The van der Waals surface area contributed by atoms with Gasteiger partial charge < -0.3 is 9.26 Å². The SMILES string of the molecule is Fc1ccccc1-c1noc2c1CN(C1CCOCC1)CC2. The number of benzene rings is 1. The van der Waals surface area contributed by atoms with E-state index in [-0.39, 0.29) is 5.82 Å². The lowest BCUT2D eigenvalue weighted by atomic mass is 9.98. The van der Waals surface area contributed by atoms with Crippen LogP contribution >= 0.6 is 0 Å². The predicted octanol–water partition coefficient (Wildman–Crippen LogP) is 3.02. The van der Waals surface area contributed by atoms with Crippen molar-refractivity contribution in [2.45, 2.75) is 31.8 Å². The van der Waals surface area contributed by atoms with Crippen molar-refractivity contribution in [2.75, 3.05) is 19.8 Å². The molecule has 22 heavy (non-hydrogen) atoms. The molecule has 3 heterocycles. The standard InChI is InChI=1S/C17H19FN2O2/c18-15-4-2-1-3-13(15)17-14-11-20(8-5-16(14)22-19-17)12-6-9-21-10-7-12/h1-4,12H,5-11H2. The third-order valence-corrected chi connectivity index (χ3v) is 4.69. The Morgan fingerprint density at radius 3 is 2.82 bits per heavy atom. The first kappa shape index (κ1) is 13.9. The van der Waals surface area contributed by atoms with Crippen molar-refractivity contribution >= 4 is 0 Å². The van der Waals surface area contributed by atoms with E-state index in [9.17, 15) is 4.39 Å². The zero-order chi connectivity index (χ0) is 14.9. The summed E-state index contributed by atoms with van der Waals surface area (Å²) < 4.78 is 25.0. The number of halogens is 1. The van der Waals surface area contributed by atoms with Crippen LogP contribution in [0.5, 0.6) is 0 Å². The second-order valence-electron chi connectivity index (χ2n) is 5.98. The van der Waals surface area contributed by atoms with Gasteiger partial charge in [-0.25, -0.2) is 4.39 Å². The monoisotopic (exact) mass is 302 g/mol. The van der Waals surface area contributed by atoms with E-state index in [0.717, 1.165) is 56.9 Å². The number of hydrogen-bond acceptors (Lipinski definition) is 4.